The van der Waals surface area contributed by atoms with E-state index in [1.165, 1.54) is 6.42 Å². The molecular formula is C22H32N2O5. The molecule has 0 unspecified atom stereocenters. The van der Waals surface area contributed by atoms with Gasteiger partial charge in [0.25, 0.3) is 0 Å². The third-order valence-corrected chi connectivity index (χ3v) is 7.67. The highest BCUT2D eigenvalue weighted by molar-refractivity contribution is 5.20. The zero-order chi connectivity index (χ0) is 20.2. The van der Waals surface area contributed by atoms with Crippen molar-refractivity contribution in [3.8, 4) is 5.88 Å². The third-order valence-electron chi connectivity index (χ3n) is 7.67. The Morgan fingerprint density at radius 3 is 2.90 bits per heavy atom. The molecule has 29 heavy (non-hydrogen) atoms. The van der Waals surface area contributed by atoms with Gasteiger partial charge in [0.1, 0.15) is 6.23 Å². The third kappa shape index (κ3) is 3.10. The molecule has 4 saturated heterocycles. The Bertz CT molecular complexity index is 762. The predicted molar refractivity (Wildman–Crippen MR) is 104 cm³/mol. The summed E-state index contributed by atoms with van der Waals surface area (Å²) in [5.74, 6) is 1.46. The highest BCUT2D eigenvalue weighted by atomic mass is 17.3. The minimum absolute atomic E-state index is 0.115. The van der Waals surface area contributed by atoms with Crippen LogP contribution in [0.4, 0.5) is 0 Å². The highest BCUT2D eigenvalue weighted by Crippen LogP contribution is 2.60. The lowest BCUT2D eigenvalue weighted by molar-refractivity contribution is -0.571. The number of nitrogens with one attached hydrogen (secondary N) is 1. The van der Waals surface area contributed by atoms with Crippen molar-refractivity contribution in [2.45, 2.75) is 76.9 Å². The first kappa shape index (κ1) is 19.7. The summed E-state index contributed by atoms with van der Waals surface area (Å²) >= 11 is 0. The van der Waals surface area contributed by atoms with Crippen LogP contribution in [0.25, 0.3) is 0 Å². The smallest absolute Gasteiger partial charge is 0.213 e. The van der Waals surface area contributed by atoms with Crippen molar-refractivity contribution in [3.63, 3.8) is 0 Å². The maximum atomic E-state index is 6.55. The van der Waals surface area contributed by atoms with Crippen LogP contribution < -0.4 is 10.1 Å². The molecule has 160 valence electrons. The van der Waals surface area contributed by atoms with E-state index in [1.807, 2.05) is 19.1 Å². The number of rotatable bonds is 4. The normalized spacial score (nSPS) is 46.1. The molecule has 2 bridgehead atoms. The van der Waals surface area contributed by atoms with Gasteiger partial charge in [-0.3, -0.25) is 5.32 Å². The van der Waals surface area contributed by atoms with Crippen molar-refractivity contribution in [2.24, 2.45) is 23.7 Å². The maximum Gasteiger partial charge on any atom is 0.213 e. The first-order valence-corrected chi connectivity index (χ1v) is 10.9. The van der Waals surface area contributed by atoms with Crippen LogP contribution in [0.3, 0.4) is 0 Å². The Morgan fingerprint density at radius 1 is 1.21 bits per heavy atom. The van der Waals surface area contributed by atoms with Crippen molar-refractivity contribution < 1.29 is 24.0 Å². The van der Waals surface area contributed by atoms with Crippen LogP contribution in [0, 0.1) is 23.7 Å². The maximum absolute atomic E-state index is 6.55. The molecule has 5 heterocycles. The van der Waals surface area contributed by atoms with Gasteiger partial charge in [0.05, 0.1) is 7.11 Å². The highest BCUT2D eigenvalue weighted by Gasteiger charge is 2.69. The van der Waals surface area contributed by atoms with Gasteiger partial charge in [-0.05, 0) is 49.7 Å². The number of pyridine rings is 1. The van der Waals surface area contributed by atoms with E-state index in [0.717, 1.165) is 24.8 Å². The molecule has 4 aliphatic heterocycles. The molecule has 1 saturated carbocycles. The number of fused-ring (bicyclic) bond motifs is 2. The molecule has 0 aromatic carbocycles. The standard InChI is InChI=1S/C22H32N2O5/c1-13-5-6-17-14(2)19(24-12-15-8-10-23-18(11-15)25-4)26-20-22(17)16(13)7-9-21(3,27-20)28-29-22/h8,10-11,13-14,16-17,19-20,24H,5-7,9,12H2,1-4H3/t13-,14-,16+,17+,19-,20-,21-,22-/m1/s1. The SMILES string of the molecule is COc1cc(CN[C@@H]2O[C@@H]3O[C@@]4(C)CC[C@H]5[C@H](C)CC[C@@H]([C@H]2C)[C@@]35OO4)ccn1. The van der Waals surface area contributed by atoms with Gasteiger partial charge < -0.3 is 14.2 Å². The van der Waals surface area contributed by atoms with Crippen molar-refractivity contribution in [1.29, 1.82) is 0 Å². The van der Waals surface area contributed by atoms with Crippen molar-refractivity contribution in [1.82, 2.24) is 10.3 Å². The molecule has 8 atom stereocenters. The summed E-state index contributed by atoms with van der Waals surface area (Å²) < 4.78 is 18.2. The first-order chi connectivity index (χ1) is 13.9. The number of aromatic nitrogens is 1. The van der Waals surface area contributed by atoms with Crippen LogP contribution >= 0.6 is 0 Å². The van der Waals surface area contributed by atoms with Crippen LogP contribution in [-0.4, -0.2) is 36.0 Å². The van der Waals surface area contributed by atoms with Gasteiger partial charge in [-0.2, -0.15) is 0 Å². The van der Waals surface area contributed by atoms with Crippen LogP contribution in [0.5, 0.6) is 5.88 Å². The van der Waals surface area contributed by atoms with E-state index in [2.05, 4.69) is 24.1 Å². The molecule has 1 aliphatic carbocycles. The predicted octanol–water partition coefficient (Wildman–Crippen LogP) is 3.39. The lowest BCUT2D eigenvalue weighted by Gasteiger charge is -2.60. The molecule has 6 rings (SSSR count). The number of methoxy groups -OCH3 is 1. The Kier molecular flexibility index (Phi) is 4.87. The quantitative estimate of drug-likeness (QED) is 0.771. The van der Waals surface area contributed by atoms with E-state index >= 15 is 0 Å². The topological polar surface area (TPSA) is 71.1 Å². The monoisotopic (exact) mass is 404 g/mol. The van der Waals surface area contributed by atoms with Crippen LogP contribution in [0.2, 0.25) is 0 Å². The van der Waals surface area contributed by atoms with Gasteiger partial charge in [0.2, 0.25) is 11.7 Å². The molecule has 5 fully saturated rings. The van der Waals surface area contributed by atoms with Gasteiger partial charge in [0, 0.05) is 37.1 Å². The van der Waals surface area contributed by atoms with Gasteiger partial charge >= 0.3 is 0 Å². The summed E-state index contributed by atoms with van der Waals surface area (Å²) in [6.45, 7) is 7.23. The van der Waals surface area contributed by atoms with E-state index < -0.39 is 17.7 Å². The van der Waals surface area contributed by atoms with Crippen LogP contribution in [-0.2, 0) is 25.8 Å². The second-order valence-electron chi connectivity index (χ2n) is 9.41. The fourth-order valence-corrected chi connectivity index (χ4v) is 6.03. The summed E-state index contributed by atoms with van der Waals surface area (Å²) in [5, 5.41) is 3.59. The summed E-state index contributed by atoms with van der Waals surface area (Å²) in [5.41, 5.74) is 0.600. The van der Waals surface area contributed by atoms with Crippen LogP contribution in [0.1, 0.15) is 52.0 Å². The molecule has 1 spiro atoms. The zero-order valence-electron chi connectivity index (χ0n) is 17.7. The van der Waals surface area contributed by atoms with E-state index in [-0.39, 0.29) is 12.1 Å². The van der Waals surface area contributed by atoms with Crippen molar-refractivity contribution in [3.05, 3.63) is 23.9 Å². The number of hydrogen-bond acceptors (Lipinski definition) is 7. The zero-order valence-corrected chi connectivity index (χ0v) is 17.7. The second kappa shape index (κ2) is 7.17. The molecule has 0 amide bonds. The van der Waals surface area contributed by atoms with E-state index in [0.29, 0.717) is 30.2 Å². The number of hydrogen-bond donors (Lipinski definition) is 1. The molecule has 1 aromatic heterocycles. The molecule has 1 N–H and O–H groups in total. The molecule has 1 aromatic rings. The largest absolute Gasteiger partial charge is 0.481 e. The van der Waals surface area contributed by atoms with E-state index in [1.54, 1.807) is 13.3 Å². The minimum atomic E-state index is -0.735. The fraction of sp³-hybridized carbons (Fsp3) is 0.773. The summed E-state index contributed by atoms with van der Waals surface area (Å²) in [6.07, 6.45) is 5.43. The van der Waals surface area contributed by atoms with Gasteiger partial charge in [-0.1, -0.05) is 13.8 Å². The Hall–Kier alpha value is -1.25. The lowest BCUT2D eigenvalue weighted by atomic mass is 9.58. The second-order valence-corrected chi connectivity index (χ2v) is 9.41. The summed E-state index contributed by atoms with van der Waals surface area (Å²) in [4.78, 5) is 16.3. The molecule has 7 nitrogen and oxygen atoms in total. The first-order valence-electron chi connectivity index (χ1n) is 10.9. The molecule has 0 radical (unpaired) electrons. The summed E-state index contributed by atoms with van der Waals surface area (Å²) in [6, 6.07) is 3.94. The summed E-state index contributed by atoms with van der Waals surface area (Å²) in [7, 11) is 1.63. The van der Waals surface area contributed by atoms with Gasteiger partial charge in [0.15, 0.2) is 11.9 Å². The molecular weight excluding hydrogens is 372 g/mol. The van der Waals surface area contributed by atoms with Gasteiger partial charge in [-0.25, -0.2) is 14.8 Å². The minimum Gasteiger partial charge on any atom is -0.481 e. The van der Waals surface area contributed by atoms with E-state index in [9.17, 15) is 0 Å². The Balaban J connectivity index is 1.39. The van der Waals surface area contributed by atoms with Gasteiger partial charge in [-0.15, -0.1) is 0 Å². The van der Waals surface area contributed by atoms with E-state index in [4.69, 9.17) is 24.0 Å². The molecule has 7 heteroatoms. The lowest BCUT2D eigenvalue weighted by Crippen LogP contribution is -2.71. The average Bonchev–Trinajstić information content (AvgIpc) is 2.96. The fourth-order valence-electron chi connectivity index (χ4n) is 6.03. The number of nitrogens with zero attached hydrogens (tertiary/aromatic N) is 1. The molecule has 5 aliphatic rings. The average molecular weight is 405 g/mol. The Labute approximate surface area is 172 Å². The van der Waals surface area contributed by atoms with Crippen molar-refractivity contribution in [2.75, 3.05) is 7.11 Å². The van der Waals surface area contributed by atoms with Crippen LogP contribution in [0.15, 0.2) is 18.3 Å². The van der Waals surface area contributed by atoms with Crippen molar-refractivity contribution >= 4 is 0 Å². The Morgan fingerprint density at radius 2 is 2.07 bits per heavy atom. The number of ether oxygens (including phenoxy) is 3.